The number of anilines is 2. The molecule has 5 rings (SSSR count). The fourth-order valence-corrected chi connectivity index (χ4v) is 5.70. The summed E-state index contributed by atoms with van der Waals surface area (Å²) in [5, 5.41) is 10.2. The lowest BCUT2D eigenvalue weighted by atomic mass is 10.0. The number of hydrogen-bond donors (Lipinski definition) is 0. The number of pyridine rings is 1. The van der Waals surface area contributed by atoms with Crippen LogP contribution in [0, 0.1) is 18.3 Å². The molecule has 8 heteroatoms. The first-order valence-electron chi connectivity index (χ1n) is 13.2. The van der Waals surface area contributed by atoms with Gasteiger partial charge in [-0.2, -0.15) is 5.26 Å². The van der Waals surface area contributed by atoms with E-state index in [0.29, 0.717) is 30.2 Å². The zero-order valence-electron chi connectivity index (χ0n) is 22.0. The minimum absolute atomic E-state index is 0.0394. The van der Waals surface area contributed by atoms with Crippen molar-refractivity contribution < 1.29 is 4.79 Å². The zero-order chi connectivity index (χ0) is 26.6. The number of piperazine rings is 2. The largest absolute Gasteiger partial charge is 0.367 e. The van der Waals surface area contributed by atoms with E-state index in [2.05, 4.69) is 50.9 Å². The second-order valence-electron chi connectivity index (χ2n) is 10.1. The number of carbonyl (C=O) groups is 1. The van der Waals surface area contributed by atoms with Crippen LogP contribution in [-0.4, -0.2) is 72.5 Å². The van der Waals surface area contributed by atoms with Gasteiger partial charge in [-0.25, -0.2) is 4.98 Å². The first-order chi connectivity index (χ1) is 18.4. The van der Waals surface area contributed by atoms with Gasteiger partial charge in [0.25, 0.3) is 5.91 Å². The van der Waals surface area contributed by atoms with Gasteiger partial charge in [0.05, 0.1) is 16.3 Å². The highest BCUT2D eigenvalue weighted by atomic mass is 35.5. The van der Waals surface area contributed by atoms with Gasteiger partial charge in [0.2, 0.25) is 0 Å². The number of nitriles is 1. The summed E-state index contributed by atoms with van der Waals surface area (Å²) in [6, 6.07) is 20.0. The molecule has 2 aliphatic heterocycles. The van der Waals surface area contributed by atoms with Crippen LogP contribution in [0.1, 0.15) is 34.0 Å². The average Bonchev–Trinajstić information content (AvgIpc) is 2.94. The highest BCUT2D eigenvalue weighted by Crippen LogP contribution is 2.26. The Labute approximate surface area is 229 Å². The van der Waals surface area contributed by atoms with Crippen molar-refractivity contribution in [2.75, 3.05) is 55.6 Å². The summed E-state index contributed by atoms with van der Waals surface area (Å²) in [7, 11) is 0. The molecule has 1 aromatic heterocycles. The third kappa shape index (κ3) is 5.47. The maximum absolute atomic E-state index is 13.7. The number of amides is 1. The highest BCUT2D eigenvalue weighted by Gasteiger charge is 2.30. The molecule has 0 N–H and O–H groups in total. The third-order valence-corrected chi connectivity index (χ3v) is 7.90. The minimum Gasteiger partial charge on any atom is -0.367 e. The van der Waals surface area contributed by atoms with Crippen molar-refractivity contribution in [3.8, 4) is 6.07 Å². The SMILES string of the molecule is Cc1ccc(CN2CCN(c3ncccc3Cl)CC2)cc1C(=O)N1CCN(c2ccccc2C#N)C[C@@H]1C. The molecule has 2 fully saturated rings. The number of rotatable bonds is 5. The molecule has 2 aromatic carbocycles. The van der Waals surface area contributed by atoms with Crippen LogP contribution in [0.15, 0.2) is 60.8 Å². The lowest BCUT2D eigenvalue weighted by Gasteiger charge is -2.41. The summed E-state index contributed by atoms with van der Waals surface area (Å²) in [6.45, 7) is 10.5. The Kier molecular flexibility index (Phi) is 7.82. The Balaban J connectivity index is 1.22. The maximum Gasteiger partial charge on any atom is 0.254 e. The first kappa shape index (κ1) is 26.0. The van der Waals surface area contributed by atoms with Crippen LogP contribution in [0.25, 0.3) is 0 Å². The van der Waals surface area contributed by atoms with Gasteiger partial charge >= 0.3 is 0 Å². The van der Waals surface area contributed by atoms with Crippen LogP contribution < -0.4 is 9.80 Å². The van der Waals surface area contributed by atoms with Gasteiger partial charge in [-0.05, 0) is 55.3 Å². The zero-order valence-corrected chi connectivity index (χ0v) is 22.7. The van der Waals surface area contributed by atoms with Crippen LogP contribution in [0.3, 0.4) is 0 Å². The van der Waals surface area contributed by atoms with Crippen molar-refractivity contribution in [3.63, 3.8) is 0 Å². The molecule has 1 atom stereocenters. The summed E-state index contributed by atoms with van der Waals surface area (Å²) in [4.78, 5) is 27.0. The summed E-state index contributed by atoms with van der Waals surface area (Å²) in [5.41, 5.74) is 4.54. The van der Waals surface area contributed by atoms with E-state index in [1.165, 1.54) is 0 Å². The van der Waals surface area contributed by atoms with Crippen molar-refractivity contribution in [2.24, 2.45) is 0 Å². The molecular weight excluding hydrogens is 496 g/mol. The number of aryl methyl sites for hydroxylation is 1. The van der Waals surface area contributed by atoms with Crippen LogP contribution in [0.4, 0.5) is 11.5 Å². The molecule has 0 aliphatic carbocycles. The molecule has 0 radical (unpaired) electrons. The van der Waals surface area contributed by atoms with Gasteiger partial charge in [-0.15, -0.1) is 0 Å². The van der Waals surface area contributed by atoms with Gasteiger partial charge in [-0.3, -0.25) is 9.69 Å². The van der Waals surface area contributed by atoms with E-state index in [9.17, 15) is 10.1 Å². The quantitative estimate of drug-likeness (QED) is 0.482. The number of halogens is 1. The van der Waals surface area contributed by atoms with E-state index in [4.69, 9.17) is 11.6 Å². The number of para-hydroxylation sites is 1. The predicted molar refractivity (Wildman–Crippen MR) is 152 cm³/mol. The molecule has 0 bridgehead atoms. The monoisotopic (exact) mass is 528 g/mol. The third-order valence-electron chi connectivity index (χ3n) is 7.60. The molecule has 0 unspecified atom stereocenters. The second kappa shape index (κ2) is 11.4. The van der Waals surface area contributed by atoms with Gasteiger partial charge in [-0.1, -0.05) is 35.9 Å². The average molecular weight is 529 g/mol. The molecule has 3 heterocycles. The molecule has 2 aliphatic rings. The predicted octanol–water partition coefficient (Wildman–Crippen LogP) is 4.59. The fourth-order valence-electron chi connectivity index (χ4n) is 5.46. The smallest absolute Gasteiger partial charge is 0.254 e. The summed E-state index contributed by atoms with van der Waals surface area (Å²) < 4.78 is 0. The Hall–Kier alpha value is -3.60. The van der Waals surface area contributed by atoms with E-state index in [-0.39, 0.29) is 11.9 Å². The van der Waals surface area contributed by atoms with Gasteiger partial charge in [0.1, 0.15) is 11.9 Å². The normalized spacial score (nSPS) is 18.4. The standard InChI is InChI=1S/C30H33ClN6O/c1-22-9-10-24(21-34-12-14-35(15-13-34)29-27(31)7-5-11-33-29)18-26(22)30(38)37-17-16-36(20-23(37)2)28-8-4-3-6-25(28)19-32/h3-11,18,23H,12-17,20-21H2,1-2H3/t23-/m0/s1. The number of benzene rings is 2. The number of nitrogens with zero attached hydrogens (tertiary/aromatic N) is 6. The van der Waals surface area contributed by atoms with E-state index in [1.54, 1.807) is 6.20 Å². The van der Waals surface area contributed by atoms with Crippen LogP contribution in [-0.2, 0) is 6.54 Å². The lowest BCUT2D eigenvalue weighted by Crippen LogP contribution is -2.54. The second-order valence-corrected chi connectivity index (χ2v) is 10.6. The Morgan fingerprint density at radius 3 is 2.53 bits per heavy atom. The van der Waals surface area contributed by atoms with Gasteiger partial charge in [0.15, 0.2) is 0 Å². The molecule has 3 aromatic rings. The van der Waals surface area contributed by atoms with Crippen LogP contribution >= 0.6 is 11.6 Å². The molecule has 0 saturated carbocycles. The maximum atomic E-state index is 13.7. The fraction of sp³-hybridized carbons (Fsp3) is 0.367. The van der Waals surface area contributed by atoms with E-state index < -0.39 is 0 Å². The van der Waals surface area contributed by atoms with E-state index in [0.717, 1.165) is 60.9 Å². The molecule has 196 valence electrons. The van der Waals surface area contributed by atoms with Crippen molar-refractivity contribution >= 4 is 29.0 Å². The van der Waals surface area contributed by atoms with Crippen LogP contribution in [0.2, 0.25) is 5.02 Å². The Morgan fingerprint density at radius 2 is 1.79 bits per heavy atom. The molecule has 38 heavy (non-hydrogen) atoms. The van der Waals surface area contributed by atoms with Crippen LogP contribution in [0.5, 0.6) is 0 Å². The number of aromatic nitrogens is 1. The minimum atomic E-state index is 0.0394. The summed E-state index contributed by atoms with van der Waals surface area (Å²) >= 11 is 6.34. The Bertz CT molecular complexity index is 1350. The van der Waals surface area contributed by atoms with E-state index in [1.807, 2.05) is 48.2 Å². The van der Waals surface area contributed by atoms with Crippen molar-refractivity contribution in [1.29, 1.82) is 5.26 Å². The van der Waals surface area contributed by atoms with Crippen molar-refractivity contribution in [2.45, 2.75) is 26.4 Å². The molecule has 7 nitrogen and oxygen atoms in total. The number of carbonyl (C=O) groups excluding carboxylic acids is 1. The van der Waals surface area contributed by atoms with Crippen molar-refractivity contribution in [3.05, 3.63) is 88.1 Å². The molecule has 2 saturated heterocycles. The summed E-state index contributed by atoms with van der Waals surface area (Å²) in [6.07, 6.45) is 1.78. The topological polar surface area (TPSA) is 66.7 Å². The van der Waals surface area contributed by atoms with Crippen molar-refractivity contribution in [1.82, 2.24) is 14.8 Å². The van der Waals surface area contributed by atoms with Gasteiger partial charge in [0, 0.05) is 70.2 Å². The van der Waals surface area contributed by atoms with E-state index >= 15 is 0 Å². The molecular formula is C30H33ClN6O. The first-order valence-corrected chi connectivity index (χ1v) is 13.5. The molecule has 0 spiro atoms. The van der Waals surface area contributed by atoms with Gasteiger partial charge < -0.3 is 14.7 Å². The highest BCUT2D eigenvalue weighted by molar-refractivity contribution is 6.32. The summed E-state index contributed by atoms with van der Waals surface area (Å²) in [5.74, 6) is 0.932. The lowest BCUT2D eigenvalue weighted by molar-refractivity contribution is 0.0673. The number of hydrogen-bond acceptors (Lipinski definition) is 6. The Morgan fingerprint density at radius 1 is 1.03 bits per heavy atom. The molecule has 1 amide bonds.